The summed E-state index contributed by atoms with van der Waals surface area (Å²) in [5.74, 6) is 3.13. The minimum atomic E-state index is -0.557. The highest BCUT2D eigenvalue weighted by molar-refractivity contribution is 7.99. The summed E-state index contributed by atoms with van der Waals surface area (Å²) in [6.07, 6.45) is 5.00. The summed E-state index contributed by atoms with van der Waals surface area (Å²) in [5.41, 5.74) is 5.40. The lowest BCUT2D eigenvalue weighted by atomic mass is 10.4. The largest absolute Gasteiger partial charge is 0.468 e. The number of thioether (sulfide) groups is 1. The highest BCUT2D eigenvalue weighted by Gasteiger charge is 2.12. The highest BCUT2D eigenvalue weighted by Crippen LogP contribution is 2.00. The monoisotopic (exact) mass is 173 g/mol. The van der Waals surface area contributed by atoms with Crippen molar-refractivity contribution in [1.29, 1.82) is 0 Å². The van der Waals surface area contributed by atoms with Gasteiger partial charge in [0.05, 0.1) is 12.9 Å². The van der Waals surface area contributed by atoms with Crippen molar-refractivity contribution in [2.75, 3.05) is 18.6 Å². The molecule has 1 atom stereocenters. The Morgan fingerprint density at radius 3 is 3.00 bits per heavy atom. The molecule has 0 aromatic rings. The number of rotatable bonds is 4. The summed E-state index contributed by atoms with van der Waals surface area (Å²) in [4.78, 5) is 10.7. The Kier molecular flexibility index (Phi) is 5.71. The van der Waals surface area contributed by atoms with E-state index < -0.39 is 12.0 Å². The molecule has 0 fully saturated rings. The molecule has 0 radical (unpaired) electrons. The molecule has 1 unspecified atom stereocenters. The van der Waals surface area contributed by atoms with E-state index in [9.17, 15) is 4.79 Å². The predicted octanol–water partition coefficient (Wildman–Crippen LogP) is -0.147. The van der Waals surface area contributed by atoms with Gasteiger partial charge in [-0.25, -0.2) is 0 Å². The van der Waals surface area contributed by atoms with Gasteiger partial charge >= 0.3 is 5.97 Å². The Morgan fingerprint density at radius 1 is 1.91 bits per heavy atom. The lowest BCUT2D eigenvalue weighted by Gasteiger charge is -2.06. The number of esters is 1. The van der Waals surface area contributed by atoms with Gasteiger partial charge in [0.2, 0.25) is 0 Å². The minimum absolute atomic E-state index is 0.394. The van der Waals surface area contributed by atoms with Crippen LogP contribution in [0.15, 0.2) is 0 Å². The molecule has 4 heteroatoms. The van der Waals surface area contributed by atoms with Crippen LogP contribution in [0.2, 0.25) is 0 Å². The van der Waals surface area contributed by atoms with Crippen LogP contribution in [0.4, 0.5) is 0 Å². The maximum atomic E-state index is 10.7. The van der Waals surface area contributed by atoms with Crippen molar-refractivity contribution < 1.29 is 9.53 Å². The first-order chi connectivity index (χ1) is 5.22. The Balaban J connectivity index is 3.45. The van der Waals surface area contributed by atoms with Crippen molar-refractivity contribution in [3.63, 3.8) is 0 Å². The van der Waals surface area contributed by atoms with Gasteiger partial charge in [-0.05, 0) is 0 Å². The SMILES string of the molecule is C#CCSCC(N)C(=O)OC. The first-order valence-electron chi connectivity index (χ1n) is 3.07. The molecule has 0 saturated heterocycles. The van der Waals surface area contributed by atoms with Crippen molar-refractivity contribution in [3.8, 4) is 12.3 Å². The van der Waals surface area contributed by atoms with Gasteiger partial charge in [-0.3, -0.25) is 4.79 Å². The Bertz CT molecular complexity index is 164. The quantitative estimate of drug-likeness (QED) is 0.365. The topological polar surface area (TPSA) is 52.3 Å². The van der Waals surface area contributed by atoms with E-state index in [0.717, 1.165) is 0 Å². The van der Waals surface area contributed by atoms with E-state index >= 15 is 0 Å². The Labute approximate surface area is 70.7 Å². The molecule has 0 heterocycles. The number of carbonyl (C=O) groups is 1. The van der Waals surface area contributed by atoms with E-state index in [0.29, 0.717) is 11.5 Å². The Hall–Kier alpha value is -0.660. The van der Waals surface area contributed by atoms with Crippen molar-refractivity contribution in [2.24, 2.45) is 5.73 Å². The van der Waals surface area contributed by atoms with E-state index in [1.807, 2.05) is 0 Å². The van der Waals surface area contributed by atoms with Gasteiger partial charge in [-0.15, -0.1) is 18.2 Å². The lowest BCUT2D eigenvalue weighted by Crippen LogP contribution is -2.33. The average molecular weight is 173 g/mol. The molecular formula is C7H11NO2S. The molecular weight excluding hydrogens is 162 g/mol. The van der Waals surface area contributed by atoms with E-state index in [1.54, 1.807) is 0 Å². The van der Waals surface area contributed by atoms with Crippen LogP contribution < -0.4 is 5.73 Å². The molecule has 62 valence electrons. The third-order valence-corrected chi connectivity index (χ3v) is 1.95. The molecule has 0 saturated carbocycles. The first-order valence-corrected chi connectivity index (χ1v) is 4.22. The third kappa shape index (κ3) is 4.71. The predicted molar refractivity (Wildman–Crippen MR) is 46.1 cm³/mol. The van der Waals surface area contributed by atoms with Crippen molar-refractivity contribution >= 4 is 17.7 Å². The molecule has 0 aliphatic heterocycles. The standard InChI is InChI=1S/C7H11NO2S/c1-3-4-11-5-6(8)7(9)10-2/h1,6H,4-5,8H2,2H3. The van der Waals surface area contributed by atoms with Crippen LogP contribution in [-0.2, 0) is 9.53 Å². The maximum absolute atomic E-state index is 10.7. The molecule has 2 N–H and O–H groups in total. The minimum Gasteiger partial charge on any atom is -0.468 e. The summed E-state index contributed by atoms with van der Waals surface area (Å²) < 4.78 is 4.41. The molecule has 0 aliphatic rings. The average Bonchev–Trinajstić information content (AvgIpc) is 2.03. The maximum Gasteiger partial charge on any atom is 0.323 e. The zero-order chi connectivity index (χ0) is 8.69. The summed E-state index contributed by atoms with van der Waals surface area (Å²) in [7, 11) is 1.31. The summed E-state index contributed by atoms with van der Waals surface area (Å²) in [6.45, 7) is 0. The lowest BCUT2D eigenvalue weighted by molar-refractivity contribution is -0.141. The molecule has 11 heavy (non-hydrogen) atoms. The molecule has 3 nitrogen and oxygen atoms in total. The highest BCUT2D eigenvalue weighted by atomic mass is 32.2. The fourth-order valence-electron chi connectivity index (χ4n) is 0.464. The van der Waals surface area contributed by atoms with Gasteiger partial charge in [0, 0.05) is 5.75 Å². The van der Waals surface area contributed by atoms with E-state index in [-0.39, 0.29) is 0 Å². The van der Waals surface area contributed by atoms with Gasteiger partial charge in [-0.1, -0.05) is 5.92 Å². The smallest absolute Gasteiger partial charge is 0.323 e. The van der Waals surface area contributed by atoms with Crippen molar-refractivity contribution in [2.45, 2.75) is 6.04 Å². The van der Waals surface area contributed by atoms with Crippen LogP contribution in [0.3, 0.4) is 0 Å². The van der Waals surface area contributed by atoms with Crippen molar-refractivity contribution in [3.05, 3.63) is 0 Å². The molecule has 0 rings (SSSR count). The zero-order valence-corrected chi connectivity index (χ0v) is 7.19. The third-order valence-electron chi connectivity index (χ3n) is 0.987. The summed E-state index contributed by atoms with van der Waals surface area (Å²) >= 11 is 1.44. The normalized spacial score (nSPS) is 11.7. The molecule has 0 amide bonds. The van der Waals surface area contributed by atoms with Crippen LogP contribution in [-0.4, -0.2) is 30.6 Å². The molecule has 0 bridgehead atoms. The van der Waals surface area contributed by atoms with Gasteiger partial charge in [0.1, 0.15) is 6.04 Å². The van der Waals surface area contributed by atoms with Crippen LogP contribution in [0.1, 0.15) is 0 Å². The van der Waals surface area contributed by atoms with Gasteiger partial charge in [0.25, 0.3) is 0 Å². The van der Waals surface area contributed by atoms with Gasteiger partial charge in [-0.2, -0.15) is 0 Å². The van der Waals surface area contributed by atoms with E-state index in [1.165, 1.54) is 18.9 Å². The molecule has 0 aliphatic carbocycles. The fraction of sp³-hybridized carbons (Fsp3) is 0.571. The first kappa shape index (κ1) is 10.3. The van der Waals surface area contributed by atoms with Crippen LogP contribution in [0.5, 0.6) is 0 Å². The number of methoxy groups -OCH3 is 1. The zero-order valence-electron chi connectivity index (χ0n) is 6.37. The number of hydrogen-bond acceptors (Lipinski definition) is 4. The van der Waals surface area contributed by atoms with Gasteiger partial charge < -0.3 is 10.5 Å². The summed E-state index contributed by atoms with van der Waals surface area (Å²) in [5, 5.41) is 0. The van der Waals surface area contributed by atoms with Gasteiger partial charge in [0.15, 0.2) is 0 Å². The second-order valence-electron chi connectivity index (χ2n) is 1.85. The number of carbonyl (C=O) groups excluding carboxylic acids is 1. The number of ether oxygens (including phenoxy) is 1. The molecule has 0 aromatic heterocycles. The van der Waals surface area contributed by atoms with E-state index in [4.69, 9.17) is 12.2 Å². The molecule has 0 aromatic carbocycles. The fourth-order valence-corrected chi connectivity index (χ4v) is 1.09. The second-order valence-corrected chi connectivity index (χ2v) is 2.88. The van der Waals surface area contributed by atoms with Crippen LogP contribution in [0.25, 0.3) is 0 Å². The summed E-state index contributed by atoms with van der Waals surface area (Å²) in [6, 6.07) is -0.557. The second kappa shape index (κ2) is 6.08. The number of hydrogen-bond donors (Lipinski definition) is 1. The Morgan fingerprint density at radius 2 is 2.55 bits per heavy atom. The number of terminal acetylenes is 1. The van der Waals surface area contributed by atoms with E-state index in [2.05, 4.69) is 10.7 Å². The van der Waals surface area contributed by atoms with Crippen molar-refractivity contribution in [1.82, 2.24) is 0 Å². The van der Waals surface area contributed by atoms with Crippen LogP contribution >= 0.6 is 11.8 Å². The molecule has 0 spiro atoms. The number of nitrogens with two attached hydrogens (primary N) is 1. The van der Waals surface area contributed by atoms with Crippen LogP contribution in [0, 0.1) is 12.3 Å².